The van der Waals surface area contributed by atoms with Crippen molar-refractivity contribution >= 4 is 16.8 Å². The highest BCUT2D eigenvalue weighted by atomic mass is 19.4. The molecule has 0 radical (unpaired) electrons. The van der Waals surface area contributed by atoms with Crippen LogP contribution in [-0.2, 0) is 11.2 Å². The molecule has 1 N–H and O–H groups in total. The van der Waals surface area contributed by atoms with E-state index < -0.39 is 24.2 Å². The van der Waals surface area contributed by atoms with Crippen molar-refractivity contribution in [1.29, 1.82) is 0 Å². The summed E-state index contributed by atoms with van der Waals surface area (Å²) in [5.74, 6) is -2.56. The third kappa shape index (κ3) is 2.43. The van der Waals surface area contributed by atoms with Gasteiger partial charge in [-0.05, 0) is 18.2 Å². The van der Waals surface area contributed by atoms with Crippen LogP contribution in [0.25, 0.3) is 11.0 Å². The van der Waals surface area contributed by atoms with E-state index in [0.29, 0.717) is 5.52 Å². The largest absolute Gasteiger partial charge is 0.450 e. The Hall–Kier alpha value is -1.92. The zero-order valence-corrected chi connectivity index (χ0v) is 8.31. The lowest BCUT2D eigenvalue weighted by molar-refractivity contribution is -0.170. The summed E-state index contributed by atoms with van der Waals surface area (Å²) in [5.41, 5.74) is 0.575. The molecule has 0 fully saturated rings. The molecule has 0 amide bonds. The molecule has 1 aromatic heterocycles. The highest BCUT2D eigenvalue weighted by Crippen LogP contribution is 2.19. The molecular weight excluding hydrogens is 240 g/mol. The molecule has 3 nitrogen and oxygen atoms in total. The number of hydrogen-bond donors (Lipinski definition) is 1. The van der Waals surface area contributed by atoms with Crippen LogP contribution < -0.4 is 0 Å². The van der Waals surface area contributed by atoms with Crippen molar-refractivity contribution in [2.75, 3.05) is 0 Å². The van der Waals surface area contributed by atoms with Gasteiger partial charge in [0.15, 0.2) is 0 Å². The molecule has 0 spiro atoms. The van der Waals surface area contributed by atoms with Crippen molar-refractivity contribution < 1.29 is 22.4 Å². The lowest BCUT2D eigenvalue weighted by atomic mass is 10.3. The topological polar surface area (TPSA) is 45.8 Å². The number of imidazole rings is 1. The first kappa shape index (κ1) is 11.6. The third-order valence-electron chi connectivity index (χ3n) is 2.14. The standard InChI is InChI=1S/C10H6F4N2O/c11-5-1-2-6-7(3-5)16-9(15-6)4-8(17)10(12,13)14/h1-3H,4H2,(H,15,16). The summed E-state index contributed by atoms with van der Waals surface area (Å²) < 4.78 is 48.8. The normalized spacial score (nSPS) is 12.0. The predicted octanol–water partition coefficient (Wildman–Crippen LogP) is 2.38. The quantitative estimate of drug-likeness (QED) is 0.827. The highest BCUT2D eigenvalue weighted by Gasteiger charge is 2.38. The van der Waals surface area contributed by atoms with Gasteiger partial charge in [-0.2, -0.15) is 13.2 Å². The summed E-state index contributed by atoms with van der Waals surface area (Å²) in [6.07, 6.45) is -5.76. The molecule has 90 valence electrons. The fraction of sp³-hybridized carbons (Fsp3) is 0.200. The van der Waals surface area contributed by atoms with Crippen molar-refractivity contribution in [3.63, 3.8) is 0 Å². The molecule has 0 saturated heterocycles. The summed E-state index contributed by atoms with van der Waals surface area (Å²) in [4.78, 5) is 17.0. The molecule has 17 heavy (non-hydrogen) atoms. The SMILES string of the molecule is O=C(Cc1nc2ccc(F)cc2[nH]1)C(F)(F)F. The smallest absolute Gasteiger partial charge is 0.342 e. The number of carbonyl (C=O) groups is 1. The van der Waals surface area contributed by atoms with Crippen LogP contribution in [0.5, 0.6) is 0 Å². The maximum Gasteiger partial charge on any atom is 0.450 e. The van der Waals surface area contributed by atoms with Crippen LogP contribution in [0.15, 0.2) is 18.2 Å². The molecule has 2 rings (SSSR count). The average Bonchev–Trinajstić information content (AvgIpc) is 2.57. The minimum absolute atomic E-state index is 0.132. The van der Waals surface area contributed by atoms with Crippen LogP contribution in [0, 0.1) is 5.82 Å². The van der Waals surface area contributed by atoms with Gasteiger partial charge in [0, 0.05) is 0 Å². The Kier molecular flexibility index (Phi) is 2.60. The van der Waals surface area contributed by atoms with Crippen molar-refractivity contribution in [3.8, 4) is 0 Å². The first-order valence-electron chi connectivity index (χ1n) is 4.60. The summed E-state index contributed by atoms with van der Waals surface area (Å²) in [7, 11) is 0. The van der Waals surface area contributed by atoms with E-state index in [4.69, 9.17) is 0 Å². The fourth-order valence-corrected chi connectivity index (χ4v) is 1.37. The van der Waals surface area contributed by atoms with Crippen LogP contribution in [-0.4, -0.2) is 21.9 Å². The summed E-state index contributed by atoms with van der Waals surface area (Å²) >= 11 is 0. The molecule has 0 aliphatic carbocycles. The van der Waals surface area contributed by atoms with E-state index in [-0.39, 0.29) is 11.3 Å². The van der Waals surface area contributed by atoms with Gasteiger partial charge < -0.3 is 4.98 Å². The number of carbonyl (C=O) groups excluding carboxylic acids is 1. The first-order valence-corrected chi connectivity index (χ1v) is 4.60. The van der Waals surface area contributed by atoms with Crippen molar-refractivity contribution in [3.05, 3.63) is 29.8 Å². The van der Waals surface area contributed by atoms with Crippen molar-refractivity contribution in [2.45, 2.75) is 12.6 Å². The number of Topliss-reactive ketones (excluding diaryl/α,β-unsaturated/α-hetero) is 1. The number of nitrogens with one attached hydrogen (secondary N) is 1. The molecule has 1 aromatic carbocycles. The number of nitrogens with zero attached hydrogens (tertiary/aromatic N) is 1. The van der Waals surface area contributed by atoms with Crippen LogP contribution in [0.4, 0.5) is 17.6 Å². The molecule has 0 aliphatic heterocycles. The van der Waals surface area contributed by atoms with Gasteiger partial charge in [0.05, 0.1) is 17.5 Å². The monoisotopic (exact) mass is 246 g/mol. The van der Waals surface area contributed by atoms with E-state index in [9.17, 15) is 22.4 Å². The molecule has 0 unspecified atom stereocenters. The second-order valence-electron chi connectivity index (χ2n) is 3.44. The number of H-pyrrole nitrogens is 1. The van der Waals surface area contributed by atoms with E-state index in [1.165, 1.54) is 6.07 Å². The summed E-state index contributed by atoms with van der Waals surface area (Å²) in [6, 6.07) is 3.56. The molecule has 1 heterocycles. The van der Waals surface area contributed by atoms with Crippen LogP contribution in [0.3, 0.4) is 0 Å². The van der Waals surface area contributed by atoms with Crippen LogP contribution in [0.2, 0.25) is 0 Å². The van der Waals surface area contributed by atoms with Gasteiger partial charge in [0.2, 0.25) is 5.78 Å². The van der Waals surface area contributed by atoms with Gasteiger partial charge in [-0.15, -0.1) is 0 Å². The second kappa shape index (κ2) is 3.83. The summed E-state index contributed by atoms with van der Waals surface area (Å²) in [5, 5.41) is 0. The number of fused-ring (bicyclic) bond motifs is 1. The van der Waals surface area contributed by atoms with E-state index in [0.717, 1.165) is 12.1 Å². The van der Waals surface area contributed by atoms with E-state index in [1.54, 1.807) is 0 Å². The number of ketones is 1. The molecule has 0 aliphatic rings. The van der Waals surface area contributed by atoms with Gasteiger partial charge in [0.25, 0.3) is 0 Å². The zero-order chi connectivity index (χ0) is 12.6. The van der Waals surface area contributed by atoms with E-state index in [2.05, 4.69) is 9.97 Å². The van der Waals surface area contributed by atoms with Crippen LogP contribution >= 0.6 is 0 Å². The van der Waals surface area contributed by atoms with Gasteiger partial charge in [-0.3, -0.25) is 4.79 Å². The average molecular weight is 246 g/mol. The summed E-state index contributed by atoms with van der Waals surface area (Å²) in [6.45, 7) is 0. The second-order valence-corrected chi connectivity index (χ2v) is 3.44. The lowest BCUT2D eigenvalue weighted by Crippen LogP contribution is -2.24. The zero-order valence-electron chi connectivity index (χ0n) is 8.31. The lowest BCUT2D eigenvalue weighted by Gasteiger charge is -2.01. The number of aromatic nitrogens is 2. The molecule has 2 aromatic rings. The van der Waals surface area contributed by atoms with Gasteiger partial charge >= 0.3 is 6.18 Å². The highest BCUT2D eigenvalue weighted by molar-refractivity contribution is 5.86. The Bertz CT molecular complexity index is 573. The van der Waals surface area contributed by atoms with Gasteiger partial charge in [-0.25, -0.2) is 9.37 Å². The van der Waals surface area contributed by atoms with E-state index >= 15 is 0 Å². The number of halogens is 4. The minimum atomic E-state index is -4.88. The van der Waals surface area contributed by atoms with Gasteiger partial charge in [-0.1, -0.05) is 0 Å². The number of rotatable bonds is 2. The number of alkyl halides is 3. The Balaban J connectivity index is 2.29. The maximum atomic E-state index is 12.8. The van der Waals surface area contributed by atoms with Gasteiger partial charge in [0.1, 0.15) is 11.6 Å². The maximum absolute atomic E-state index is 12.8. The minimum Gasteiger partial charge on any atom is -0.342 e. The molecule has 0 bridgehead atoms. The Morgan fingerprint density at radius 3 is 2.71 bits per heavy atom. The molecule has 0 saturated carbocycles. The Morgan fingerprint density at radius 1 is 1.35 bits per heavy atom. The van der Waals surface area contributed by atoms with Crippen LogP contribution in [0.1, 0.15) is 5.82 Å². The number of hydrogen-bond acceptors (Lipinski definition) is 2. The fourth-order valence-electron chi connectivity index (χ4n) is 1.37. The molecular formula is C10H6F4N2O. The van der Waals surface area contributed by atoms with Crippen molar-refractivity contribution in [2.24, 2.45) is 0 Å². The van der Waals surface area contributed by atoms with Crippen molar-refractivity contribution in [1.82, 2.24) is 9.97 Å². The molecule has 0 atom stereocenters. The predicted molar refractivity (Wildman–Crippen MR) is 50.8 cm³/mol. The first-order chi connectivity index (χ1) is 7.86. The van der Waals surface area contributed by atoms with E-state index in [1.807, 2.05) is 0 Å². The molecule has 7 heteroatoms. The Morgan fingerprint density at radius 2 is 2.06 bits per heavy atom. The number of aromatic amines is 1. The third-order valence-corrected chi connectivity index (χ3v) is 2.14. The number of benzene rings is 1. The Labute approximate surface area is 92.5 Å².